The van der Waals surface area contributed by atoms with Gasteiger partial charge in [-0.2, -0.15) is 13.2 Å². The Bertz CT molecular complexity index is 1420. The number of carbonyl (C=O) groups is 2. The second-order valence-electron chi connectivity index (χ2n) is 15.0. The summed E-state index contributed by atoms with van der Waals surface area (Å²) in [6.45, 7) is 7.56. The molecule has 268 valence electrons. The van der Waals surface area contributed by atoms with Gasteiger partial charge in [-0.05, 0) is 99.8 Å². The van der Waals surface area contributed by atoms with E-state index in [4.69, 9.17) is 0 Å². The number of Topliss-reactive ketones (excluding diaryl/α,β-unsaturated/α-hetero) is 1. The molecule has 1 amide bonds. The number of carbonyl (C=O) groups excluding carboxylic acids is 2. The lowest BCUT2D eigenvalue weighted by molar-refractivity contribution is -0.138. The van der Waals surface area contributed by atoms with Crippen molar-refractivity contribution in [2.75, 3.05) is 44.6 Å². The predicted octanol–water partition coefficient (Wildman–Crippen LogP) is 5.85. The predicted molar refractivity (Wildman–Crippen MR) is 181 cm³/mol. The first-order valence-corrected chi connectivity index (χ1v) is 18.3. The number of rotatable bonds is 13. The quantitative estimate of drug-likeness (QED) is 0.241. The van der Waals surface area contributed by atoms with Crippen molar-refractivity contribution in [2.24, 2.45) is 23.7 Å². The van der Waals surface area contributed by atoms with Gasteiger partial charge in [0, 0.05) is 81.2 Å². The summed E-state index contributed by atoms with van der Waals surface area (Å²) in [5.74, 6) is 0.0540. The van der Waals surface area contributed by atoms with Crippen LogP contribution in [0.25, 0.3) is 0 Å². The maximum Gasteiger partial charge on any atom is 0.419 e. The Morgan fingerprint density at radius 1 is 0.980 bits per heavy atom. The van der Waals surface area contributed by atoms with E-state index in [0.29, 0.717) is 30.1 Å². The summed E-state index contributed by atoms with van der Waals surface area (Å²) in [4.78, 5) is 39.5. The highest BCUT2D eigenvalue weighted by Crippen LogP contribution is 2.39. The Morgan fingerprint density at radius 3 is 2.35 bits per heavy atom. The van der Waals surface area contributed by atoms with E-state index in [9.17, 15) is 27.9 Å². The van der Waals surface area contributed by atoms with E-state index < -0.39 is 11.7 Å². The SMILES string of the molecule is C[C@H](CO)CC(=O)[C@H]1CCC[C@H]1Cc1nc(Nc2ccc(C(=O)NC3CCC(N4CCN(CC5CC5)CC4)CC3)cc2)ncc1C(F)(F)F. The first-order chi connectivity index (χ1) is 23.6. The van der Waals surface area contributed by atoms with E-state index in [2.05, 4.69) is 30.4 Å². The average Bonchev–Trinajstić information content (AvgIpc) is 3.78. The van der Waals surface area contributed by atoms with Crippen molar-refractivity contribution in [1.29, 1.82) is 0 Å². The fourth-order valence-corrected chi connectivity index (χ4v) is 8.05. The molecule has 49 heavy (non-hydrogen) atoms. The summed E-state index contributed by atoms with van der Waals surface area (Å²) in [6.07, 6.45) is 5.37. The molecule has 1 saturated heterocycles. The van der Waals surface area contributed by atoms with Crippen molar-refractivity contribution < 1.29 is 27.9 Å². The first kappa shape index (κ1) is 35.7. The van der Waals surface area contributed by atoms with E-state index >= 15 is 0 Å². The Morgan fingerprint density at radius 2 is 1.69 bits per heavy atom. The highest BCUT2D eigenvalue weighted by molar-refractivity contribution is 5.94. The summed E-state index contributed by atoms with van der Waals surface area (Å²) < 4.78 is 41.9. The van der Waals surface area contributed by atoms with E-state index in [-0.39, 0.29) is 66.6 Å². The molecule has 3 saturated carbocycles. The molecule has 2 aromatic rings. The number of hydrogen-bond acceptors (Lipinski definition) is 8. The third-order valence-electron chi connectivity index (χ3n) is 11.1. The standard InChI is InChI=1S/C37H51F3N6O3/c1-24(23-47)19-34(48)31-4-2-3-27(31)20-33-32(37(38,39)40)21-41-36(44-33)43-29-9-7-26(8-10-29)35(49)42-28-11-13-30(14-12-28)46-17-15-45(16-18-46)22-25-5-6-25/h7-10,21,24-25,27-28,30-31,47H,2-6,11-20,22-23H2,1H3,(H,42,49)(H,41,43,44)/t24-,27-,28?,30?,31-/m0/s1. The van der Waals surface area contributed by atoms with Crippen molar-refractivity contribution in [3.05, 3.63) is 47.3 Å². The molecule has 0 radical (unpaired) electrons. The summed E-state index contributed by atoms with van der Waals surface area (Å²) in [5.41, 5.74) is 0.0340. The molecule has 0 unspecified atom stereocenters. The minimum Gasteiger partial charge on any atom is -0.396 e. The van der Waals surface area contributed by atoms with Crippen LogP contribution in [-0.4, -0.2) is 88.0 Å². The largest absolute Gasteiger partial charge is 0.419 e. The summed E-state index contributed by atoms with van der Waals surface area (Å²) in [5, 5.41) is 15.5. The van der Waals surface area contributed by atoms with Crippen molar-refractivity contribution in [3.63, 3.8) is 0 Å². The molecule has 12 heteroatoms. The molecule has 0 spiro atoms. The molecule has 6 rings (SSSR count). The maximum absolute atomic E-state index is 14.0. The van der Waals surface area contributed by atoms with Crippen LogP contribution in [0.15, 0.2) is 30.5 Å². The van der Waals surface area contributed by atoms with Crippen LogP contribution in [0.4, 0.5) is 24.8 Å². The zero-order valence-corrected chi connectivity index (χ0v) is 28.6. The summed E-state index contributed by atoms with van der Waals surface area (Å²) in [6, 6.07) is 7.52. The highest BCUT2D eigenvalue weighted by Gasteiger charge is 2.39. The Labute approximate surface area is 287 Å². The Kier molecular flexibility index (Phi) is 11.6. The normalized spacial score (nSPS) is 26.0. The minimum absolute atomic E-state index is 0.00491. The molecular formula is C37H51F3N6O3. The number of nitrogens with zero attached hydrogens (tertiary/aromatic N) is 4. The van der Waals surface area contributed by atoms with E-state index in [1.165, 1.54) is 32.5 Å². The molecule has 3 aliphatic carbocycles. The Balaban J connectivity index is 1.01. The molecule has 4 fully saturated rings. The maximum atomic E-state index is 14.0. The van der Waals surface area contributed by atoms with Crippen LogP contribution in [-0.2, 0) is 17.4 Å². The van der Waals surface area contributed by atoms with Crippen LogP contribution < -0.4 is 10.6 Å². The number of aromatic nitrogens is 2. The molecule has 9 nitrogen and oxygen atoms in total. The van der Waals surface area contributed by atoms with Gasteiger partial charge in [0.1, 0.15) is 5.78 Å². The number of piperazine rings is 1. The number of halogens is 3. The third-order valence-corrected chi connectivity index (χ3v) is 11.1. The number of amides is 1. The number of ketones is 1. The third kappa shape index (κ3) is 9.58. The van der Waals surface area contributed by atoms with Crippen LogP contribution in [0.2, 0.25) is 0 Å². The zero-order chi connectivity index (χ0) is 34.5. The van der Waals surface area contributed by atoms with E-state index in [1.807, 2.05) is 0 Å². The number of alkyl halides is 3. The van der Waals surface area contributed by atoms with Crippen molar-refractivity contribution in [1.82, 2.24) is 25.1 Å². The number of anilines is 2. The van der Waals surface area contributed by atoms with Gasteiger partial charge in [-0.1, -0.05) is 13.3 Å². The smallest absolute Gasteiger partial charge is 0.396 e. The van der Waals surface area contributed by atoms with Gasteiger partial charge >= 0.3 is 6.18 Å². The lowest BCUT2D eigenvalue weighted by Crippen LogP contribution is -2.52. The van der Waals surface area contributed by atoms with Gasteiger partial charge in [-0.3, -0.25) is 14.5 Å². The number of nitrogens with one attached hydrogen (secondary N) is 2. The molecule has 3 atom stereocenters. The lowest BCUT2D eigenvalue weighted by Gasteiger charge is -2.42. The second kappa shape index (κ2) is 15.9. The van der Waals surface area contributed by atoms with Gasteiger partial charge < -0.3 is 20.6 Å². The highest BCUT2D eigenvalue weighted by atomic mass is 19.4. The van der Waals surface area contributed by atoms with Crippen molar-refractivity contribution >= 4 is 23.3 Å². The van der Waals surface area contributed by atoms with Crippen LogP contribution in [0.5, 0.6) is 0 Å². The first-order valence-electron chi connectivity index (χ1n) is 18.3. The van der Waals surface area contributed by atoms with Gasteiger partial charge in [-0.25, -0.2) is 9.97 Å². The van der Waals surface area contributed by atoms with Crippen LogP contribution in [0.1, 0.15) is 92.7 Å². The molecule has 2 heterocycles. The van der Waals surface area contributed by atoms with Gasteiger partial charge in [0.25, 0.3) is 5.91 Å². The van der Waals surface area contributed by atoms with E-state index in [0.717, 1.165) is 57.3 Å². The number of benzene rings is 1. The summed E-state index contributed by atoms with van der Waals surface area (Å²) in [7, 11) is 0. The van der Waals surface area contributed by atoms with Gasteiger partial charge in [-0.15, -0.1) is 0 Å². The molecule has 0 bridgehead atoms. The van der Waals surface area contributed by atoms with Crippen LogP contribution in [0.3, 0.4) is 0 Å². The fourth-order valence-electron chi connectivity index (χ4n) is 8.05. The monoisotopic (exact) mass is 684 g/mol. The molecule has 3 N–H and O–H groups in total. The van der Waals surface area contributed by atoms with Gasteiger partial charge in [0.15, 0.2) is 0 Å². The molecule has 4 aliphatic rings. The molecule has 1 aromatic heterocycles. The van der Waals surface area contributed by atoms with Crippen molar-refractivity contribution in [3.8, 4) is 0 Å². The number of aliphatic hydroxyl groups excluding tert-OH is 1. The second-order valence-corrected chi connectivity index (χ2v) is 15.0. The number of hydrogen-bond donors (Lipinski definition) is 3. The molecule has 1 aromatic carbocycles. The van der Waals surface area contributed by atoms with Gasteiger partial charge in [0.2, 0.25) is 5.95 Å². The summed E-state index contributed by atoms with van der Waals surface area (Å²) >= 11 is 0. The lowest BCUT2D eigenvalue weighted by atomic mass is 9.84. The topological polar surface area (TPSA) is 111 Å². The molecular weight excluding hydrogens is 633 g/mol. The van der Waals surface area contributed by atoms with E-state index in [1.54, 1.807) is 31.2 Å². The average molecular weight is 685 g/mol. The van der Waals surface area contributed by atoms with Crippen LogP contribution in [0, 0.1) is 23.7 Å². The van der Waals surface area contributed by atoms with Crippen LogP contribution >= 0.6 is 0 Å². The molecule has 1 aliphatic heterocycles. The number of aliphatic hydroxyl groups is 1. The Hall–Kier alpha value is -3.09. The fraction of sp³-hybridized carbons (Fsp3) is 0.676. The minimum atomic E-state index is -4.63. The van der Waals surface area contributed by atoms with Crippen molar-refractivity contribution in [2.45, 2.75) is 95.8 Å². The zero-order valence-electron chi connectivity index (χ0n) is 28.6. The van der Waals surface area contributed by atoms with Gasteiger partial charge in [0.05, 0.1) is 11.3 Å².